The number of rotatable bonds is 0. The molecular formula is C9H19N2OY-. The first-order valence-corrected chi connectivity index (χ1v) is 4.53. The largest absolute Gasteiger partial charge is 0.668 e. The summed E-state index contributed by atoms with van der Waals surface area (Å²) >= 11 is 0. The minimum atomic E-state index is 0. The second kappa shape index (κ2) is 5.77. The van der Waals surface area contributed by atoms with Crippen LogP contribution in [-0.2, 0) is 32.7 Å². The molecule has 0 aromatic heterocycles. The third-order valence-corrected chi connectivity index (χ3v) is 2.60. The van der Waals surface area contributed by atoms with E-state index < -0.39 is 0 Å². The van der Waals surface area contributed by atoms with Crippen molar-refractivity contribution in [2.24, 2.45) is 11.3 Å². The molecule has 75 valence electrons. The van der Waals surface area contributed by atoms with Crippen LogP contribution in [0.2, 0.25) is 0 Å². The Morgan fingerprint density at radius 1 is 1.31 bits per heavy atom. The molecule has 2 fully saturated rings. The summed E-state index contributed by atoms with van der Waals surface area (Å²) in [4.78, 5) is 0. The fourth-order valence-corrected chi connectivity index (χ4v) is 2.40. The van der Waals surface area contributed by atoms with Crippen molar-refractivity contribution in [1.29, 1.82) is 0 Å². The maximum atomic E-state index is 8.87. The molecule has 1 saturated carbocycles. The van der Waals surface area contributed by atoms with E-state index in [1.165, 1.54) is 17.9 Å². The van der Waals surface area contributed by atoms with Crippen molar-refractivity contribution in [3.05, 3.63) is 5.32 Å². The van der Waals surface area contributed by atoms with Crippen LogP contribution in [0.1, 0.15) is 19.8 Å². The first kappa shape index (κ1) is 14.0. The predicted molar refractivity (Wildman–Crippen MR) is 49.4 cm³/mol. The molecule has 3 nitrogen and oxygen atoms in total. The second-order valence-corrected chi connectivity index (χ2v) is 4.28. The molecular weight excluding hydrogens is 241 g/mol. The Morgan fingerprint density at radius 3 is 1.92 bits per heavy atom. The standard InChI is InChI=1S/C7H13NO.C2H6N.Y/c1-6-2-7(3-6)4-8(9)5-7;1-3-2;/h6,9H,2-5H2,1H3;1-2H3;/q;-1;. The minimum Gasteiger partial charge on any atom is -0.668 e. The SMILES string of the molecule is CC1CC2(C1)CN(O)C2.C[N-]C.[Y]. The Morgan fingerprint density at radius 2 is 1.69 bits per heavy atom. The third kappa shape index (κ3) is 3.56. The van der Waals surface area contributed by atoms with Crippen LogP contribution in [0.5, 0.6) is 0 Å². The van der Waals surface area contributed by atoms with Crippen LogP contribution >= 0.6 is 0 Å². The summed E-state index contributed by atoms with van der Waals surface area (Å²) in [6.45, 7) is 4.14. The maximum Gasteiger partial charge on any atom is 0.0308 e. The van der Waals surface area contributed by atoms with Gasteiger partial charge in [0.2, 0.25) is 0 Å². The van der Waals surface area contributed by atoms with Gasteiger partial charge in [0.1, 0.15) is 0 Å². The van der Waals surface area contributed by atoms with Crippen LogP contribution < -0.4 is 0 Å². The molecule has 1 aliphatic carbocycles. The van der Waals surface area contributed by atoms with Gasteiger partial charge in [0.05, 0.1) is 0 Å². The van der Waals surface area contributed by atoms with Gasteiger partial charge < -0.3 is 10.5 Å². The predicted octanol–water partition coefficient (Wildman–Crippen LogP) is 1.72. The summed E-state index contributed by atoms with van der Waals surface area (Å²) in [5, 5.41) is 13.8. The Kier molecular flexibility index (Phi) is 6.20. The molecule has 0 amide bonds. The Hall–Kier alpha value is 0.984. The summed E-state index contributed by atoms with van der Waals surface area (Å²) in [6.07, 6.45) is 2.67. The normalized spacial score (nSPS) is 24.9. The van der Waals surface area contributed by atoms with E-state index in [-0.39, 0.29) is 32.7 Å². The van der Waals surface area contributed by atoms with Gasteiger partial charge >= 0.3 is 0 Å². The zero-order valence-corrected chi connectivity index (χ0v) is 11.7. The van der Waals surface area contributed by atoms with Crippen LogP contribution in [0, 0.1) is 11.3 Å². The van der Waals surface area contributed by atoms with Crippen molar-refractivity contribution in [3.8, 4) is 0 Å². The number of hydrogen-bond acceptors (Lipinski definition) is 2. The van der Waals surface area contributed by atoms with Gasteiger partial charge in [-0.3, -0.25) is 0 Å². The molecule has 13 heavy (non-hydrogen) atoms. The summed E-state index contributed by atoms with van der Waals surface area (Å²) in [7, 11) is 3.50. The first-order valence-electron chi connectivity index (χ1n) is 4.53. The van der Waals surface area contributed by atoms with Gasteiger partial charge in [-0.2, -0.15) is 19.2 Å². The van der Waals surface area contributed by atoms with Gasteiger partial charge in [0.15, 0.2) is 0 Å². The first-order chi connectivity index (χ1) is 5.62. The smallest absolute Gasteiger partial charge is 0.0308 e. The molecule has 1 saturated heterocycles. The van der Waals surface area contributed by atoms with E-state index in [2.05, 4.69) is 12.2 Å². The Labute approximate surface area is 106 Å². The van der Waals surface area contributed by atoms with Crippen molar-refractivity contribution in [2.75, 3.05) is 27.2 Å². The second-order valence-electron chi connectivity index (χ2n) is 4.28. The van der Waals surface area contributed by atoms with Gasteiger partial charge in [-0.05, 0) is 18.8 Å². The molecule has 1 aliphatic heterocycles. The average molecular weight is 260 g/mol. The molecule has 1 radical (unpaired) electrons. The summed E-state index contributed by atoms with van der Waals surface area (Å²) in [5.41, 5.74) is 0.564. The van der Waals surface area contributed by atoms with Crippen molar-refractivity contribution < 1.29 is 37.9 Å². The number of hydroxylamine groups is 2. The van der Waals surface area contributed by atoms with E-state index >= 15 is 0 Å². The molecule has 1 N–H and O–H groups in total. The molecule has 0 aromatic carbocycles. The molecule has 1 spiro atoms. The minimum absolute atomic E-state index is 0. The van der Waals surface area contributed by atoms with E-state index in [0.29, 0.717) is 5.41 Å². The Balaban J connectivity index is 0.000000324. The zero-order chi connectivity index (χ0) is 9.19. The van der Waals surface area contributed by atoms with E-state index in [0.717, 1.165) is 19.0 Å². The van der Waals surface area contributed by atoms with E-state index in [1.807, 2.05) is 0 Å². The van der Waals surface area contributed by atoms with Crippen LogP contribution in [0.3, 0.4) is 0 Å². The summed E-state index contributed by atoms with van der Waals surface area (Å²) < 4.78 is 0. The fraction of sp³-hybridized carbons (Fsp3) is 1.00. The van der Waals surface area contributed by atoms with Crippen molar-refractivity contribution in [2.45, 2.75) is 19.8 Å². The monoisotopic (exact) mass is 260 g/mol. The van der Waals surface area contributed by atoms with Gasteiger partial charge in [-0.25, -0.2) is 0 Å². The van der Waals surface area contributed by atoms with Gasteiger partial charge in [-0.15, -0.1) is 0 Å². The van der Waals surface area contributed by atoms with Gasteiger partial charge in [-0.1, -0.05) is 6.92 Å². The number of nitrogens with zero attached hydrogens (tertiary/aromatic N) is 2. The average Bonchev–Trinajstić information content (AvgIpc) is 1.83. The molecule has 4 heteroatoms. The molecule has 0 bridgehead atoms. The zero-order valence-electron chi connectivity index (χ0n) is 8.82. The molecule has 0 atom stereocenters. The van der Waals surface area contributed by atoms with Crippen molar-refractivity contribution in [1.82, 2.24) is 5.06 Å². The van der Waals surface area contributed by atoms with Crippen molar-refractivity contribution in [3.63, 3.8) is 0 Å². The van der Waals surface area contributed by atoms with E-state index in [1.54, 1.807) is 14.1 Å². The van der Waals surface area contributed by atoms with Crippen LogP contribution in [0.15, 0.2) is 0 Å². The molecule has 2 aliphatic rings. The third-order valence-electron chi connectivity index (χ3n) is 2.60. The van der Waals surface area contributed by atoms with Crippen LogP contribution in [-0.4, -0.2) is 37.5 Å². The molecule has 0 aromatic rings. The maximum absolute atomic E-state index is 8.87. The number of hydrogen-bond donors (Lipinski definition) is 1. The fourth-order valence-electron chi connectivity index (χ4n) is 2.40. The Bertz CT molecular complexity index is 123. The van der Waals surface area contributed by atoms with Crippen molar-refractivity contribution >= 4 is 0 Å². The van der Waals surface area contributed by atoms with Crippen LogP contribution in [0.4, 0.5) is 0 Å². The van der Waals surface area contributed by atoms with E-state index in [9.17, 15) is 0 Å². The van der Waals surface area contributed by atoms with E-state index in [4.69, 9.17) is 5.21 Å². The molecule has 2 rings (SSSR count). The summed E-state index contributed by atoms with van der Waals surface area (Å²) in [5.74, 6) is 0.915. The molecule has 0 unspecified atom stereocenters. The van der Waals surface area contributed by atoms with Gasteiger partial charge in [0, 0.05) is 51.2 Å². The quantitative estimate of drug-likeness (QED) is 0.720. The topological polar surface area (TPSA) is 37.6 Å². The summed E-state index contributed by atoms with van der Waals surface area (Å²) in [6, 6.07) is 0. The van der Waals surface area contributed by atoms with Gasteiger partial charge in [0.25, 0.3) is 0 Å². The molecule has 1 heterocycles. The van der Waals surface area contributed by atoms with Crippen LogP contribution in [0.25, 0.3) is 5.32 Å².